The molecule has 0 radical (unpaired) electrons. The van der Waals surface area contributed by atoms with Crippen molar-refractivity contribution in [3.8, 4) is 0 Å². The summed E-state index contributed by atoms with van der Waals surface area (Å²) in [7, 11) is 4.24. The van der Waals surface area contributed by atoms with Crippen molar-refractivity contribution < 1.29 is 0 Å². The molecular formula is C17H18N2S2. The Morgan fingerprint density at radius 2 is 1.38 bits per heavy atom. The van der Waals surface area contributed by atoms with E-state index in [9.17, 15) is 0 Å². The molecule has 0 amide bonds. The Balaban J connectivity index is 1.98. The average molecular weight is 314 g/mol. The van der Waals surface area contributed by atoms with Gasteiger partial charge in [-0.15, -0.1) is 0 Å². The van der Waals surface area contributed by atoms with Crippen LogP contribution in [-0.4, -0.2) is 28.2 Å². The van der Waals surface area contributed by atoms with Gasteiger partial charge < -0.3 is 4.90 Å². The molecular weight excluding hydrogens is 296 g/mol. The first kappa shape index (κ1) is 14.6. The Morgan fingerprint density at radius 1 is 0.857 bits per heavy atom. The molecule has 2 aromatic rings. The van der Waals surface area contributed by atoms with Crippen LogP contribution in [0.25, 0.3) is 0 Å². The zero-order valence-electron chi connectivity index (χ0n) is 12.1. The van der Waals surface area contributed by atoms with Crippen molar-refractivity contribution in [3.05, 3.63) is 71.8 Å². The lowest BCUT2D eigenvalue weighted by Gasteiger charge is -2.46. The summed E-state index contributed by atoms with van der Waals surface area (Å²) >= 11 is 7.34. The lowest BCUT2D eigenvalue weighted by Crippen LogP contribution is -2.45. The molecule has 1 saturated heterocycles. The van der Waals surface area contributed by atoms with Gasteiger partial charge in [-0.3, -0.25) is 4.90 Å². The SMILES string of the molecule is CN1C(=S)S[C@H](c2ccccc2)N(C)[C@H]1c1ccccc1. The van der Waals surface area contributed by atoms with Gasteiger partial charge in [0.15, 0.2) is 0 Å². The van der Waals surface area contributed by atoms with Crippen LogP contribution in [0.15, 0.2) is 60.7 Å². The molecule has 0 N–H and O–H groups in total. The van der Waals surface area contributed by atoms with E-state index in [1.165, 1.54) is 11.1 Å². The molecule has 0 unspecified atom stereocenters. The van der Waals surface area contributed by atoms with Crippen molar-refractivity contribution in [2.75, 3.05) is 14.1 Å². The first-order chi connectivity index (χ1) is 10.2. The van der Waals surface area contributed by atoms with Gasteiger partial charge in [0.25, 0.3) is 0 Å². The second-order valence-corrected chi connectivity index (χ2v) is 6.92. The highest BCUT2D eigenvalue weighted by atomic mass is 32.2. The molecule has 1 heterocycles. The summed E-state index contributed by atoms with van der Waals surface area (Å²) < 4.78 is 0.941. The van der Waals surface area contributed by atoms with E-state index >= 15 is 0 Å². The van der Waals surface area contributed by atoms with E-state index in [1.54, 1.807) is 11.8 Å². The van der Waals surface area contributed by atoms with Crippen LogP contribution in [0.4, 0.5) is 0 Å². The molecule has 0 bridgehead atoms. The van der Waals surface area contributed by atoms with E-state index in [1.807, 2.05) is 6.07 Å². The predicted octanol–water partition coefficient (Wildman–Crippen LogP) is 4.28. The van der Waals surface area contributed by atoms with E-state index in [-0.39, 0.29) is 11.5 Å². The Morgan fingerprint density at radius 3 is 1.95 bits per heavy atom. The number of benzene rings is 2. The summed E-state index contributed by atoms with van der Waals surface area (Å²) in [4.78, 5) is 4.56. The fourth-order valence-electron chi connectivity index (χ4n) is 2.77. The fourth-order valence-corrected chi connectivity index (χ4v) is 4.17. The standard InChI is InChI=1S/C17H18N2S2/c1-18-15(13-9-5-3-6-10-13)19(2)17(20)21-16(18)14-11-7-4-8-12-14/h3-12,15-16H,1-2H3/t15-,16-/m1/s1. The summed E-state index contributed by atoms with van der Waals surface area (Å²) in [6.07, 6.45) is 0.171. The van der Waals surface area contributed by atoms with Crippen molar-refractivity contribution in [2.45, 2.75) is 11.5 Å². The Bertz CT molecular complexity index is 615. The van der Waals surface area contributed by atoms with Gasteiger partial charge in [0, 0.05) is 7.05 Å². The maximum atomic E-state index is 5.60. The minimum atomic E-state index is 0.171. The molecule has 2 aromatic carbocycles. The summed E-state index contributed by atoms with van der Waals surface area (Å²) in [6, 6.07) is 21.1. The minimum absolute atomic E-state index is 0.171. The van der Waals surface area contributed by atoms with Crippen LogP contribution in [-0.2, 0) is 0 Å². The Labute approximate surface area is 135 Å². The normalized spacial score (nSPS) is 23.3. The number of thioether (sulfide) groups is 1. The smallest absolute Gasteiger partial charge is 0.139 e. The lowest BCUT2D eigenvalue weighted by molar-refractivity contribution is 0.122. The molecule has 108 valence electrons. The number of rotatable bonds is 2. The van der Waals surface area contributed by atoms with Crippen molar-refractivity contribution in [3.63, 3.8) is 0 Å². The first-order valence-electron chi connectivity index (χ1n) is 6.94. The second kappa shape index (κ2) is 6.18. The summed E-state index contributed by atoms with van der Waals surface area (Å²) in [5.74, 6) is 0. The highest BCUT2D eigenvalue weighted by molar-refractivity contribution is 8.23. The molecule has 2 atom stereocenters. The Kier molecular flexibility index (Phi) is 4.29. The summed E-state index contributed by atoms with van der Waals surface area (Å²) in [5.41, 5.74) is 2.56. The topological polar surface area (TPSA) is 6.48 Å². The number of hydrogen-bond donors (Lipinski definition) is 0. The maximum absolute atomic E-state index is 5.60. The van der Waals surface area contributed by atoms with Crippen LogP contribution in [0.5, 0.6) is 0 Å². The van der Waals surface area contributed by atoms with E-state index in [2.05, 4.69) is 78.5 Å². The first-order valence-corrected chi connectivity index (χ1v) is 8.22. The molecule has 2 nitrogen and oxygen atoms in total. The van der Waals surface area contributed by atoms with Gasteiger partial charge in [-0.25, -0.2) is 0 Å². The van der Waals surface area contributed by atoms with E-state index < -0.39 is 0 Å². The highest BCUT2D eigenvalue weighted by Crippen LogP contribution is 2.44. The monoisotopic (exact) mass is 314 g/mol. The third-order valence-corrected chi connectivity index (χ3v) is 5.70. The third-order valence-electron chi connectivity index (χ3n) is 3.81. The van der Waals surface area contributed by atoms with Crippen LogP contribution >= 0.6 is 24.0 Å². The molecule has 1 fully saturated rings. The van der Waals surface area contributed by atoms with Crippen LogP contribution in [0.2, 0.25) is 0 Å². The molecule has 1 aliphatic heterocycles. The third kappa shape index (κ3) is 2.84. The zero-order valence-corrected chi connectivity index (χ0v) is 13.8. The van der Waals surface area contributed by atoms with E-state index in [0.29, 0.717) is 0 Å². The molecule has 0 spiro atoms. The molecule has 4 heteroatoms. The molecule has 0 saturated carbocycles. The van der Waals surface area contributed by atoms with Gasteiger partial charge in [-0.05, 0) is 18.2 Å². The van der Waals surface area contributed by atoms with Crippen molar-refractivity contribution in [1.29, 1.82) is 0 Å². The minimum Gasteiger partial charge on any atom is -0.341 e. The van der Waals surface area contributed by atoms with Gasteiger partial charge >= 0.3 is 0 Å². The second-order valence-electron chi connectivity index (χ2n) is 5.21. The molecule has 0 aliphatic carbocycles. The van der Waals surface area contributed by atoms with E-state index in [0.717, 1.165) is 4.32 Å². The van der Waals surface area contributed by atoms with Crippen LogP contribution in [0, 0.1) is 0 Å². The van der Waals surface area contributed by atoms with Crippen LogP contribution in [0.1, 0.15) is 22.7 Å². The zero-order chi connectivity index (χ0) is 14.8. The fraction of sp³-hybridized carbons (Fsp3) is 0.235. The van der Waals surface area contributed by atoms with Gasteiger partial charge in [0.1, 0.15) is 10.5 Å². The predicted molar refractivity (Wildman–Crippen MR) is 94.1 cm³/mol. The van der Waals surface area contributed by atoms with Crippen LogP contribution in [0.3, 0.4) is 0 Å². The van der Waals surface area contributed by atoms with Crippen molar-refractivity contribution in [1.82, 2.24) is 9.80 Å². The van der Waals surface area contributed by atoms with Gasteiger partial charge in [0.05, 0.1) is 5.37 Å². The maximum Gasteiger partial charge on any atom is 0.139 e. The van der Waals surface area contributed by atoms with Crippen molar-refractivity contribution >= 4 is 28.3 Å². The quantitative estimate of drug-likeness (QED) is 0.763. The molecule has 1 aliphatic rings. The summed E-state index contributed by atoms with van der Waals surface area (Å²) in [5, 5.41) is 0.250. The number of hydrogen-bond acceptors (Lipinski definition) is 3. The van der Waals surface area contributed by atoms with Crippen LogP contribution < -0.4 is 0 Å². The summed E-state index contributed by atoms with van der Waals surface area (Å²) in [6.45, 7) is 0. The average Bonchev–Trinajstić information content (AvgIpc) is 2.53. The Hall–Kier alpha value is -1.36. The van der Waals surface area contributed by atoms with Gasteiger partial charge in [-0.1, -0.05) is 84.6 Å². The molecule has 3 rings (SSSR count). The lowest BCUT2D eigenvalue weighted by atomic mass is 10.1. The van der Waals surface area contributed by atoms with Gasteiger partial charge in [0.2, 0.25) is 0 Å². The largest absolute Gasteiger partial charge is 0.341 e. The molecule has 21 heavy (non-hydrogen) atoms. The number of thiocarbonyl (C=S) groups is 1. The van der Waals surface area contributed by atoms with Gasteiger partial charge in [-0.2, -0.15) is 0 Å². The molecule has 0 aromatic heterocycles. The van der Waals surface area contributed by atoms with E-state index in [4.69, 9.17) is 12.2 Å². The number of nitrogens with zero attached hydrogens (tertiary/aromatic N) is 2. The van der Waals surface area contributed by atoms with Crippen molar-refractivity contribution in [2.24, 2.45) is 0 Å². The highest BCUT2D eigenvalue weighted by Gasteiger charge is 2.36.